The average Bonchev–Trinajstić information content (AvgIpc) is 3.02. The van der Waals surface area contributed by atoms with Crippen molar-refractivity contribution < 1.29 is 19.0 Å². The van der Waals surface area contributed by atoms with Gasteiger partial charge in [-0.25, -0.2) is 4.79 Å². The molecule has 1 aromatic rings. The summed E-state index contributed by atoms with van der Waals surface area (Å²) in [5.74, 6) is 0. The van der Waals surface area contributed by atoms with Crippen molar-refractivity contribution >= 4 is 6.09 Å². The van der Waals surface area contributed by atoms with E-state index in [1.165, 1.54) is 0 Å². The number of hydrogen-bond donors (Lipinski definition) is 0. The van der Waals surface area contributed by atoms with Crippen LogP contribution in [0, 0.1) is 0 Å². The van der Waals surface area contributed by atoms with Crippen LogP contribution in [0.1, 0.15) is 62.7 Å². The summed E-state index contributed by atoms with van der Waals surface area (Å²) in [4.78, 5) is 18.4. The van der Waals surface area contributed by atoms with Crippen molar-refractivity contribution in [1.82, 2.24) is 9.88 Å². The second-order valence-electron chi connectivity index (χ2n) is 6.65. The van der Waals surface area contributed by atoms with Crippen LogP contribution in [0.15, 0.2) is 18.3 Å². The molecular weight excluding hydrogens is 320 g/mol. The number of carbonyl (C=O) groups is 1. The first-order chi connectivity index (χ1) is 12.3. The Balaban J connectivity index is 1.67. The molecule has 0 unspecified atom stereocenters. The van der Waals surface area contributed by atoms with Crippen molar-refractivity contribution in [2.45, 2.75) is 64.4 Å². The van der Waals surface area contributed by atoms with E-state index >= 15 is 0 Å². The van der Waals surface area contributed by atoms with Crippen molar-refractivity contribution in [2.75, 3.05) is 19.8 Å². The smallest absolute Gasteiger partial charge is 0.410 e. The number of rotatable bonds is 8. The molecule has 6 nitrogen and oxygen atoms in total. The molecule has 25 heavy (non-hydrogen) atoms. The van der Waals surface area contributed by atoms with Crippen molar-refractivity contribution in [3.8, 4) is 0 Å². The summed E-state index contributed by atoms with van der Waals surface area (Å²) in [5, 5.41) is 0. The molecule has 0 aliphatic carbocycles. The fourth-order valence-electron chi connectivity index (χ4n) is 3.35. The van der Waals surface area contributed by atoms with Crippen LogP contribution in [0.2, 0.25) is 0 Å². The average molecular weight is 348 g/mol. The monoisotopic (exact) mass is 348 g/mol. The van der Waals surface area contributed by atoms with E-state index < -0.39 is 0 Å². The lowest BCUT2D eigenvalue weighted by Crippen LogP contribution is -2.30. The van der Waals surface area contributed by atoms with E-state index in [1.54, 1.807) is 11.1 Å². The molecule has 2 fully saturated rings. The SMILES string of the molecule is CCCCCN1C(=O)OC[C@@H]1c1ncccc1CO[C@H]1CCCCO1. The highest BCUT2D eigenvalue weighted by atomic mass is 16.7. The minimum Gasteiger partial charge on any atom is -0.447 e. The maximum Gasteiger partial charge on any atom is 0.410 e. The molecule has 6 heteroatoms. The zero-order valence-electron chi connectivity index (χ0n) is 15.0. The molecule has 3 heterocycles. The summed E-state index contributed by atoms with van der Waals surface area (Å²) in [6, 6.07) is 3.79. The summed E-state index contributed by atoms with van der Waals surface area (Å²) in [6.45, 7) is 4.43. The van der Waals surface area contributed by atoms with Crippen LogP contribution in [0.3, 0.4) is 0 Å². The highest BCUT2D eigenvalue weighted by Gasteiger charge is 2.35. The van der Waals surface area contributed by atoms with E-state index in [0.29, 0.717) is 19.8 Å². The predicted octanol–water partition coefficient (Wildman–Crippen LogP) is 3.81. The third-order valence-electron chi connectivity index (χ3n) is 4.78. The Bertz CT molecular complexity index is 560. The standard InChI is InChI=1S/C19H28N2O4/c1-2-3-5-11-21-16(14-25-19(21)22)18-15(8-7-10-20-18)13-24-17-9-4-6-12-23-17/h7-8,10,16-17H,2-6,9,11-14H2,1H3/t16-,17+/m1/s1. The Morgan fingerprint density at radius 2 is 2.28 bits per heavy atom. The van der Waals surface area contributed by atoms with Crippen molar-refractivity contribution in [3.63, 3.8) is 0 Å². The van der Waals surface area contributed by atoms with Gasteiger partial charge in [-0.1, -0.05) is 25.8 Å². The molecule has 2 saturated heterocycles. The fourth-order valence-corrected chi connectivity index (χ4v) is 3.35. The number of unbranched alkanes of at least 4 members (excludes halogenated alkanes) is 2. The highest BCUT2D eigenvalue weighted by Crippen LogP contribution is 2.29. The molecule has 2 atom stereocenters. The zero-order chi connectivity index (χ0) is 17.5. The van der Waals surface area contributed by atoms with Crippen molar-refractivity contribution in [2.24, 2.45) is 0 Å². The molecule has 138 valence electrons. The first-order valence-corrected chi connectivity index (χ1v) is 9.40. The van der Waals surface area contributed by atoms with Crippen LogP contribution in [-0.4, -0.2) is 42.0 Å². The molecule has 0 spiro atoms. The van der Waals surface area contributed by atoms with Gasteiger partial charge in [-0.2, -0.15) is 0 Å². The molecule has 0 bridgehead atoms. The largest absolute Gasteiger partial charge is 0.447 e. The van der Waals surface area contributed by atoms with Gasteiger partial charge in [-0.15, -0.1) is 0 Å². The number of ether oxygens (including phenoxy) is 3. The predicted molar refractivity (Wildman–Crippen MR) is 92.9 cm³/mol. The van der Waals surface area contributed by atoms with Crippen LogP contribution in [0.4, 0.5) is 4.79 Å². The molecule has 3 rings (SSSR count). The van der Waals surface area contributed by atoms with E-state index in [4.69, 9.17) is 14.2 Å². The summed E-state index contributed by atoms with van der Waals surface area (Å²) in [7, 11) is 0. The van der Waals surface area contributed by atoms with Crippen LogP contribution < -0.4 is 0 Å². The third-order valence-corrected chi connectivity index (χ3v) is 4.78. The van der Waals surface area contributed by atoms with Crippen molar-refractivity contribution in [1.29, 1.82) is 0 Å². The lowest BCUT2D eigenvalue weighted by Gasteiger charge is -2.25. The van der Waals surface area contributed by atoms with Crippen LogP contribution >= 0.6 is 0 Å². The second kappa shape index (κ2) is 9.15. The van der Waals surface area contributed by atoms with Crippen LogP contribution in [-0.2, 0) is 20.8 Å². The first kappa shape index (κ1) is 18.1. The van der Waals surface area contributed by atoms with Gasteiger partial charge < -0.3 is 14.2 Å². The van der Waals surface area contributed by atoms with Gasteiger partial charge in [0.1, 0.15) is 12.6 Å². The van der Waals surface area contributed by atoms with Gasteiger partial charge in [0, 0.05) is 24.9 Å². The number of aromatic nitrogens is 1. The molecule has 0 radical (unpaired) electrons. The molecule has 0 saturated carbocycles. The topological polar surface area (TPSA) is 60.9 Å². The Morgan fingerprint density at radius 1 is 1.36 bits per heavy atom. The fraction of sp³-hybridized carbons (Fsp3) is 0.684. The molecule has 0 N–H and O–H groups in total. The minimum atomic E-state index is -0.241. The van der Waals surface area contributed by atoms with E-state index in [-0.39, 0.29) is 18.4 Å². The molecule has 1 amide bonds. The van der Waals surface area contributed by atoms with E-state index in [1.807, 2.05) is 12.1 Å². The summed E-state index contributed by atoms with van der Waals surface area (Å²) in [5.41, 5.74) is 1.88. The first-order valence-electron chi connectivity index (χ1n) is 9.40. The Kier molecular flexibility index (Phi) is 6.64. The van der Waals surface area contributed by atoms with Gasteiger partial charge in [0.25, 0.3) is 0 Å². The lowest BCUT2D eigenvalue weighted by molar-refractivity contribution is -0.169. The number of amides is 1. The van der Waals surface area contributed by atoms with E-state index in [2.05, 4.69) is 11.9 Å². The zero-order valence-corrected chi connectivity index (χ0v) is 15.0. The Hall–Kier alpha value is -1.66. The summed E-state index contributed by atoms with van der Waals surface area (Å²) in [6.07, 6.45) is 7.78. The van der Waals surface area contributed by atoms with Gasteiger partial charge in [0.2, 0.25) is 0 Å². The minimum absolute atomic E-state index is 0.128. The molecule has 0 aromatic carbocycles. The van der Waals surface area contributed by atoms with Gasteiger partial charge in [-0.05, 0) is 31.7 Å². The number of carbonyl (C=O) groups excluding carboxylic acids is 1. The normalized spacial score (nSPS) is 23.7. The van der Waals surface area contributed by atoms with Gasteiger partial charge in [-0.3, -0.25) is 9.88 Å². The second-order valence-corrected chi connectivity index (χ2v) is 6.65. The van der Waals surface area contributed by atoms with Crippen molar-refractivity contribution in [3.05, 3.63) is 29.6 Å². The maximum atomic E-state index is 12.1. The maximum absolute atomic E-state index is 12.1. The number of cyclic esters (lactones) is 1. The van der Waals surface area contributed by atoms with Crippen LogP contribution in [0.5, 0.6) is 0 Å². The van der Waals surface area contributed by atoms with Crippen LogP contribution in [0.25, 0.3) is 0 Å². The molecule has 2 aliphatic rings. The quantitative estimate of drug-likeness (QED) is 0.669. The summed E-state index contributed by atoms with van der Waals surface area (Å²) >= 11 is 0. The molecule has 1 aromatic heterocycles. The summed E-state index contributed by atoms with van der Waals surface area (Å²) < 4.78 is 16.9. The number of pyridine rings is 1. The van der Waals surface area contributed by atoms with E-state index in [0.717, 1.165) is 56.4 Å². The molecular formula is C19H28N2O4. The Labute approximate surface area is 149 Å². The van der Waals surface area contributed by atoms with Gasteiger partial charge in [0.15, 0.2) is 6.29 Å². The molecule has 2 aliphatic heterocycles. The van der Waals surface area contributed by atoms with Gasteiger partial charge in [0.05, 0.1) is 12.3 Å². The lowest BCUT2D eigenvalue weighted by atomic mass is 10.1. The highest BCUT2D eigenvalue weighted by molar-refractivity contribution is 5.70. The number of hydrogen-bond acceptors (Lipinski definition) is 5. The Morgan fingerprint density at radius 3 is 3.08 bits per heavy atom. The third kappa shape index (κ3) is 4.70. The van der Waals surface area contributed by atoms with E-state index in [9.17, 15) is 4.79 Å². The number of nitrogens with zero attached hydrogens (tertiary/aromatic N) is 2. The van der Waals surface area contributed by atoms with Gasteiger partial charge >= 0.3 is 6.09 Å².